The van der Waals surface area contributed by atoms with Crippen molar-refractivity contribution in [3.8, 4) is 0 Å². The van der Waals surface area contributed by atoms with E-state index in [-0.39, 0.29) is 11.9 Å². The maximum atomic E-state index is 12.0. The summed E-state index contributed by atoms with van der Waals surface area (Å²) in [6.07, 6.45) is 3.73. The lowest BCUT2D eigenvalue weighted by Gasteiger charge is -2.24. The van der Waals surface area contributed by atoms with E-state index in [1.54, 1.807) is 13.2 Å². The smallest absolute Gasteiger partial charge is 0.254 e. The molecule has 1 saturated heterocycles. The molecule has 1 fully saturated rings. The van der Waals surface area contributed by atoms with Crippen molar-refractivity contribution in [3.05, 3.63) is 52.3 Å². The minimum atomic E-state index is -0.0987. The number of nitrogens with one attached hydrogen (secondary N) is 2. The van der Waals surface area contributed by atoms with Gasteiger partial charge < -0.3 is 5.32 Å². The first-order valence-corrected chi connectivity index (χ1v) is 7.80. The number of aromatic nitrogens is 2. The van der Waals surface area contributed by atoms with Crippen molar-refractivity contribution in [1.29, 1.82) is 0 Å². The van der Waals surface area contributed by atoms with Crippen molar-refractivity contribution in [2.75, 3.05) is 13.6 Å². The second-order valence-corrected chi connectivity index (χ2v) is 5.97. The molecule has 0 spiro atoms. The van der Waals surface area contributed by atoms with E-state index in [4.69, 9.17) is 11.6 Å². The van der Waals surface area contributed by atoms with Crippen LogP contribution in [0, 0.1) is 0 Å². The Morgan fingerprint density at radius 2 is 2.41 bits per heavy atom. The molecule has 0 aliphatic carbocycles. The predicted octanol–water partition coefficient (Wildman–Crippen LogP) is 2.76. The molecule has 2 heterocycles. The zero-order valence-electron chi connectivity index (χ0n) is 12.5. The van der Waals surface area contributed by atoms with Crippen molar-refractivity contribution >= 4 is 17.5 Å². The molecule has 0 bridgehead atoms. The molecule has 1 aliphatic heterocycles. The number of rotatable bonds is 4. The van der Waals surface area contributed by atoms with Crippen molar-refractivity contribution in [3.63, 3.8) is 0 Å². The van der Waals surface area contributed by atoms with E-state index in [2.05, 4.69) is 26.5 Å². The molecule has 2 N–H and O–H groups in total. The quantitative estimate of drug-likeness (QED) is 0.911. The molecular formula is C16H19ClN4O. The Labute approximate surface area is 134 Å². The molecule has 1 aromatic heterocycles. The maximum Gasteiger partial charge on any atom is 0.254 e. The first kappa shape index (κ1) is 15.1. The summed E-state index contributed by atoms with van der Waals surface area (Å²) in [6, 6.07) is 8.10. The number of likely N-dealkylation sites (tertiary alicyclic amines) is 1. The second kappa shape index (κ2) is 6.50. The predicted molar refractivity (Wildman–Crippen MR) is 85.8 cm³/mol. The molecule has 0 unspecified atom stereocenters. The van der Waals surface area contributed by atoms with Crippen LogP contribution in [0.1, 0.15) is 40.5 Å². The van der Waals surface area contributed by atoms with Gasteiger partial charge >= 0.3 is 0 Å². The summed E-state index contributed by atoms with van der Waals surface area (Å²) in [5, 5.41) is 10.5. The van der Waals surface area contributed by atoms with Gasteiger partial charge in [0.05, 0.1) is 23.5 Å². The summed E-state index contributed by atoms with van der Waals surface area (Å²) in [7, 11) is 1.64. The first-order valence-electron chi connectivity index (χ1n) is 7.43. The van der Waals surface area contributed by atoms with Gasteiger partial charge in [0, 0.05) is 18.6 Å². The van der Waals surface area contributed by atoms with Gasteiger partial charge in [-0.3, -0.25) is 14.8 Å². The summed E-state index contributed by atoms with van der Waals surface area (Å²) >= 11 is 6.06. The largest absolute Gasteiger partial charge is 0.355 e. The number of benzene rings is 1. The van der Waals surface area contributed by atoms with E-state index < -0.39 is 0 Å². The monoisotopic (exact) mass is 318 g/mol. The standard InChI is InChI=1S/C16H19ClN4O/c1-18-16(22)13-9-19-20-15(13)14-6-3-7-21(14)10-11-4-2-5-12(17)8-11/h2,4-5,8-9,14H,3,6-7,10H2,1H3,(H,18,22)(H,19,20)/t14-/m0/s1. The highest BCUT2D eigenvalue weighted by Crippen LogP contribution is 2.33. The lowest BCUT2D eigenvalue weighted by Crippen LogP contribution is -2.26. The highest BCUT2D eigenvalue weighted by Gasteiger charge is 2.30. The zero-order valence-corrected chi connectivity index (χ0v) is 13.2. The Morgan fingerprint density at radius 3 is 3.18 bits per heavy atom. The zero-order chi connectivity index (χ0) is 15.5. The van der Waals surface area contributed by atoms with Crippen LogP contribution >= 0.6 is 11.6 Å². The SMILES string of the molecule is CNC(=O)c1cn[nH]c1[C@@H]1CCCN1Cc1cccc(Cl)c1. The third kappa shape index (κ3) is 3.00. The van der Waals surface area contributed by atoms with Crippen LogP contribution in [0.25, 0.3) is 0 Å². The molecule has 1 aliphatic rings. The van der Waals surface area contributed by atoms with E-state index in [0.29, 0.717) is 5.56 Å². The molecule has 1 atom stereocenters. The number of amides is 1. The maximum absolute atomic E-state index is 12.0. The summed E-state index contributed by atoms with van der Waals surface area (Å²) in [5.74, 6) is -0.0987. The van der Waals surface area contributed by atoms with E-state index in [1.807, 2.05) is 18.2 Å². The highest BCUT2D eigenvalue weighted by atomic mass is 35.5. The summed E-state index contributed by atoms with van der Waals surface area (Å²) in [4.78, 5) is 14.3. The number of hydrogen-bond acceptors (Lipinski definition) is 3. The number of nitrogens with zero attached hydrogens (tertiary/aromatic N) is 2. The lowest BCUT2D eigenvalue weighted by atomic mass is 10.1. The van der Waals surface area contributed by atoms with Gasteiger partial charge in [0.1, 0.15) is 0 Å². The van der Waals surface area contributed by atoms with Crippen LogP contribution < -0.4 is 5.32 Å². The third-order valence-electron chi connectivity index (χ3n) is 4.11. The van der Waals surface area contributed by atoms with Gasteiger partial charge in [-0.1, -0.05) is 23.7 Å². The van der Waals surface area contributed by atoms with Crippen LogP contribution in [0.5, 0.6) is 0 Å². The van der Waals surface area contributed by atoms with Gasteiger partial charge in [-0.2, -0.15) is 5.10 Å². The van der Waals surface area contributed by atoms with E-state index in [9.17, 15) is 4.79 Å². The number of halogens is 1. The Hall–Kier alpha value is -1.85. The average molecular weight is 319 g/mol. The first-order chi connectivity index (χ1) is 10.7. The normalized spacial score (nSPS) is 18.5. The Bertz CT molecular complexity index is 670. The Balaban J connectivity index is 1.82. The van der Waals surface area contributed by atoms with Gasteiger partial charge in [-0.05, 0) is 37.1 Å². The molecule has 5 nitrogen and oxygen atoms in total. The Morgan fingerprint density at radius 1 is 1.55 bits per heavy atom. The third-order valence-corrected chi connectivity index (χ3v) is 4.35. The molecule has 2 aromatic rings. The fraction of sp³-hybridized carbons (Fsp3) is 0.375. The van der Waals surface area contributed by atoms with Crippen molar-refractivity contribution in [2.24, 2.45) is 0 Å². The molecule has 3 rings (SSSR count). The van der Waals surface area contributed by atoms with Crippen molar-refractivity contribution in [1.82, 2.24) is 20.4 Å². The van der Waals surface area contributed by atoms with E-state index >= 15 is 0 Å². The number of carbonyl (C=O) groups excluding carboxylic acids is 1. The van der Waals surface area contributed by atoms with Gasteiger partial charge in [0.25, 0.3) is 5.91 Å². The minimum Gasteiger partial charge on any atom is -0.355 e. The number of hydrogen-bond donors (Lipinski definition) is 2. The molecular weight excluding hydrogens is 300 g/mol. The summed E-state index contributed by atoms with van der Waals surface area (Å²) in [6.45, 7) is 1.82. The molecule has 1 amide bonds. The van der Waals surface area contributed by atoms with Crippen LogP contribution in [0.15, 0.2) is 30.5 Å². The topological polar surface area (TPSA) is 61.0 Å². The molecule has 0 saturated carbocycles. The van der Waals surface area contributed by atoms with Gasteiger partial charge in [0.15, 0.2) is 0 Å². The lowest BCUT2D eigenvalue weighted by molar-refractivity contribution is 0.0960. The summed E-state index contributed by atoms with van der Waals surface area (Å²) < 4.78 is 0. The fourth-order valence-electron chi connectivity index (χ4n) is 3.08. The molecule has 116 valence electrons. The second-order valence-electron chi connectivity index (χ2n) is 5.53. The van der Waals surface area contributed by atoms with Crippen LogP contribution in [0.4, 0.5) is 0 Å². The Kier molecular flexibility index (Phi) is 4.45. The number of aromatic amines is 1. The highest BCUT2D eigenvalue weighted by molar-refractivity contribution is 6.30. The minimum absolute atomic E-state index is 0.0987. The van der Waals surface area contributed by atoms with Crippen molar-refractivity contribution < 1.29 is 4.79 Å². The van der Waals surface area contributed by atoms with Crippen LogP contribution in [-0.4, -0.2) is 34.6 Å². The van der Waals surface area contributed by atoms with Gasteiger partial charge in [0.2, 0.25) is 0 Å². The number of carbonyl (C=O) groups is 1. The molecule has 0 radical (unpaired) electrons. The molecule has 1 aromatic carbocycles. The van der Waals surface area contributed by atoms with Crippen LogP contribution in [-0.2, 0) is 6.54 Å². The van der Waals surface area contributed by atoms with Gasteiger partial charge in [-0.25, -0.2) is 0 Å². The molecule has 6 heteroatoms. The van der Waals surface area contributed by atoms with Crippen molar-refractivity contribution in [2.45, 2.75) is 25.4 Å². The number of H-pyrrole nitrogens is 1. The van der Waals surface area contributed by atoms with Crippen LogP contribution in [0.2, 0.25) is 5.02 Å². The molecule has 22 heavy (non-hydrogen) atoms. The fourth-order valence-corrected chi connectivity index (χ4v) is 3.29. The van der Waals surface area contributed by atoms with E-state index in [1.165, 1.54) is 5.56 Å². The summed E-state index contributed by atoms with van der Waals surface area (Å²) in [5.41, 5.74) is 2.71. The van der Waals surface area contributed by atoms with E-state index in [0.717, 1.165) is 36.6 Å². The average Bonchev–Trinajstić information content (AvgIpc) is 3.14. The van der Waals surface area contributed by atoms with Gasteiger partial charge in [-0.15, -0.1) is 0 Å². The van der Waals surface area contributed by atoms with Crippen LogP contribution in [0.3, 0.4) is 0 Å².